The van der Waals surface area contributed by atoms with E-state index in [1.165, 1.54) is 26.7 Å². The number of imide groups is 1. The fourth-order valence-corrected chi connectivity index (χ4v) is 4.97. The Morgan fingerprint density at radius 2 is 1.89 bits per heavy atom. The number of hydrogen-bond donors (Lipinski definition) is 2. The summed E-state index contributed by atoms with van der Waals surface area (Å²) in [7, 11) is 4.62. The number of rotatable bonds is 5. The van der Waals surface area contributed by atoms with Gasteiger partial charge in [0, 0.05) is 35.7 Å². The van der Waals surface area contributed by atoms with Crippen LogP contribution >= 0.6 is 11.6 Å². The molecular weight excluding hydrogens is 476 g/mol. The van der Waals surface area contributed by atoms with Crippen molar-refractivity contribution in [2.24, 2.45) is 0 Å². The average Bonchev–Trinajstić information content (AvgIpc) is 3.11. The number of alkyl halides is 2. The Kier molecular flexibility index (Phi) is 6.53. The molecule has 2 aliphatic heterocycles. The number of benzene rings is 2. The molecule has 1 atom stereocenters. The quantitative estimate of drug-likeness (QED) is 0.347. The fourth-order valence-electron chi connectivity index (χ4n) is 4.66. The van der Waals surface area contributed by atoms with Gasteiger partial charge in [-0.3, -0.25) is 24.5 Å². The van der Waals surface area contributed by atoms with Gasteiger partial charge in [-0.1, -0.05) is 40.1 Å². The molecule has 13 heteroatoms. The van der Waals surface area contributed by atoms with E-state index < -0.39 is 23.8 Å². The highest BCUT2D eigenvalue weighted by molar-refractivity contribution is 6.57. The molecule has 2 aromatic carbocycles. The van der Waals surface area contributed by atoms with E-state index in [9.17, 15) is 19.2 Å². The highest BCUT2D eigenvalue weighted by Crippen LogP contribution is 2.29. The molecule has 1 fully saturated rings. The molecular formula is C22H21B3ClF2N3O4. The Balaban J connectivity index is 1.48. The van der Waals surface area contributed by atoms with E-state index in [0.29, 0.717) is 27.2 Å². The number of carbonyl (C=O) groups is 4. The highest BCUT2D eigenvalue weighted by atomic mass is 35.5. The van der Waals surface area contributed by atoms with Crippen molar-refractivity contribution in [3.8, 4) is 0 Å². The maximum Gasteiger partial charge on any atom is 0.348 e. The maximum atomic E-state index is 15.1. The van der Waals surface area contributed by atoms with Crippen LogP contribution in [0.4, 0.5) is 8.78 Å². The summed E-state index contributed by atoms with van der Waals surface area (Å²) in [5.74, 6) is -6.42. The molecule has 4 rings (SSSR count). The molecule has 0 aromatic heterocycles. The lowest BCUT2D eigenvalue weighted by Crippen LogP contribution is -2.52. The number of nitrogens with zero attached hydrogens (tertiary/aromatic N) is 1. The van der Waals surface area contributed by atoms with Crippen LogP contribution in [0, 0.1) is 0 Å². The third-order valence-electron chi connectivity index (χ3n) is 6.67. The zero-order chi connectivity index (χ0) is 25.7. The summed E-state index contributed by atoms with van der Waals surface area (Å²) in [6, 6.07) is 5.46. The van der Waals surface area contributed by atoms with E-state index in [0.717, 1.165) is 0 Å². The normalized spacial score (nSPS) is 17.9. The minimum Gasteiger partial charge on any atom is -0.346 e. The predicted molar refractivity (Wildman–Crippen MR) is 134 cm³/mol. The van der Waals surface area contributed by atoms with Gasteiger partial charge in [0.15, 0.2) is 0 Å². The van der Waals surface area contributed by atoms with Crippen LogP contribution in [0.25, 0.3) is 0 Å². The van der Waals surface area contributed by atoms with Crippen LogP contribution in [-0.2, 0) is 33.4 Å². The van der Waals surface area contributed by atoms with Crippen LogP contribution in [0.15, 0.2) is 24.3 Å². The molecule has 0 radical (unpaired) electrons. The van der Waals surface area contributed by atoms with Crippen molar-refractivity contribution in [2.75, 3.05) is 0 Å². The van der Waals surface area contributed by atoms with Crippen molar-refractivity contribution < 1.29 is 28.0 Å². The lowest BCUT2D eigenvalue weighted by Gasteiger charge is -2.29. The topological polar surface area (TPSA) is 95.6 Å². The molecule has 2 aliphatic rings. The summed E-state index contributed by atoms with van der Waals surface area (Å²) >= 11 is 6.08. The fraction of sp³-hybridized carbons (Fsp3) is 0.273. The van der Waals surface area contributed by atoms with Crippen LogP contribution in [-0.4, -0.2) is 58.1 Å². The monoisotopic (exact) mass is 497 g/mol. The van der Waals surface area contributed by atoms with Crippen LogP contribution in [0.5, 0.6) is 0 Å². The zero-order valence-corrected chi connectivity index (χ0v) is 20.2. The Hall–Kier alpha value is -3.14. The molecule has 2 heterocycles. The average molecular weight is 497 g/mol. The summed E-state index contributed by atoms with van der Waals surface area (Å²) < 4.78 is 30.2. The van der Waals surface area contributed by atoms with Crippen LogP contribution in [0.1, 0.15) is 39.9 Å². The van der Waals surface area contributed by atoms with Crippen molar-refractivity contribution >= 4 is 75.2 Å². The number of fused-ring (bicyclic) bond motifs is 1. The number of nitrogens with one attached hydrogen (secondary N) is 2. The van der Waals surface area contributed by atoms with E-state index in [1.54, 1.807) is 26.0 Å². The van der Waals surface area contributed by atoms with Gasteiger partial charge in [0.05, 0.1) is 0 Å². The van der Waals surface area contributed by atoms with Gasteiger partial charge >= 0.3 is 5.92 Å². The number of carbonyl (C=O) groups excluding carboxylic acids is 4. The first-order chi connectivity index (χ1) is 16.4. The number of halogens is 3. The van der Waals surface area contributed by atoms with E-state index in [-0.39, 0.29) is 54.2 Å². The summed E-state index contributed by atoms with van der Waals surface area (Å²) in [5, 5.41) is 4.90. The maximum absolute atomic E-state index is 15.1. The van der Waals surface area contributed by atoms with Gasteiger partial charge in [-0.05, 0) is 29.7 Å². The Bertz CT molecular complexity index is 1290. The first kappa shape index (κ1) is 25.0. The Labute approximate surface area is 208 Å². The number of amides is 4. The van der Waals surface area contributed by atoms with Gasteiger partial charge < -0.3 is 10.2 Å². The molecule has 2 N–H and O–H groups in total. The smallest absolute Gasteiger partial charge is 0.346 e. The van der Waals surface area contributed by atoms with Crippen LogP contribution in [0.3, 0.4) is 0 Å². The summed E-state index contributed by atoms with van der Waals surface area (Å²) in [6.07, 6.45) is 0.388. The third-order valence-corrected chi connectivity index (χ3v) is 7.07. The molecule has 0 spiro atoms. The first-order valence-corrected chi connectivity index (χ1v) is 11.5. The summed E-state index contributed by atoms with van der Waals surface area (Å²) in [5.41, 5.74) is 2.17. The summed E-state index contributed by atoms with van der Waals surface area (Å²) in [4.78, 5) is 50.3. The second-order valence-corrected chi connectivity index (χ2v) is 9.36. The first-order valence-electron chi connectivity index (χ1n) is 11.1. The minimum atomic E-state index is -3.77. The number of hydrogen-bond acceptors (Lipinski definition) is 4. The molecule has 35 heavy (non-hydrogen) atoms. The zero-order valence-electron chi connectivity index (χ0n) is 19.4. The summed E-state index contributed by atoms with van der Waals surface area (Å²) in [6.45, 7) is -0.0141. The van der Waals surface area contributed by atoms with Crippen molar-refractivity contribution in [1.82, 2.24) is 15.5 Å². The van der Waals surface area contributed by atoms with Gasteiger partial charge in [0.25, 0.3) is 11.8 Å². The largest absolute Gasteiger partial charge is 0.348 e. The second kappa shape index (κ2) is 9.15. The molecule has 4 amide bonds. The van der Waals surface area contributed by atoms with Gasteiger partial charge in [-0.2, -0.15) is 8.78 Å². The SMILES string of the molecule is Bc1cc(Cl)c(B)c(B)c1C(F)(F)C(=O)NCc1ccc2c(c1)CN(C1CCC(=O)NC1=O)C2=O. The Morgan fingerprint density at radius 1 is 1.17 bits per heavy atom. The highest BCUT2D eigenvalue weighted by Gasteiger charge is 2.43. The van der Waals surface area contributed by atoms with E-state index in [2.05, 4.69) is 10.6 Å². The van der Waals surface area contributed by atoms with Crippen LogP contribution < -0.4 is 27.0 Å². The van der Waals surface area contributed by atoms with E-state index in [4.69, 9.17) is 11.6 Å². The van der Waals surface area contributed by atoms with Crippen molar-refractivity contribution in [1.29, 1.82) is 0 Å². The van der Waals surface area contributed by atoms with Gasteiger partial charge in [-0.25, -0.2) is 0 Å². The van der Waals surface area contributed by atoms with Crippen molar-refractivity contribution in [3.63, 3.8) is 0 Å². The van der Waals surface area contributed by atoms with Crippen LogP contribution in [0.2, 0.25) is 5.02 Å². The standard InChI is InChI=1S/C22H21B3ClF2N3O4/c23-12-6-13(26)17(24)18(25)16(12)22(27,28)21(35)29-7-9-1-2-11-10(5-9)8-31(20(11)34)14-3-4-15(32)30-19(14)33/h1-2,5-6,14H,3-4,7-8,23-25H2,(H,29,35)(H,30,32,33). The molecule has 2 aromatic rings. The van der Waals surface area contributed by atoms with Crippen molar-refractivity contribution in [2.45, 2.75) is 37.9 Å². The minimum absolute atomic E-state index is 0.147. The molecule has 1 unspecified atom stereocenters. The second-order valence-electron chi connectivity index (χ2n) is 8.95. The third kappa shape index (κ3) is 4.47. The van der Waals surface area contributed by atoms with Crippen molar-refractivity contribution in [3.05, 3.63) is 51.5 Å². The predicted octanol–water partition coefficient (Wildman–Crippen LogP) is -2.72. The molecule has 0 aliphatic carbocycles. The van der Waals surface area contributed by atoms with Gasteiger partial charge in [0.2, 0.25) is 11.8 Å². The molecule has 178 valence electrons. The lowest BCUT2D eigenvalue weighted by molar-refractivity contribution is -0.147. The van der Waals surface area contributed by atoms with E-state index >= 15 is 8.78 Å². The molecule has 7 nitrogen and oxygen atoms in total. The lowest BCUT2D eigenvalue weighted by atomic mass is 9.71. The van der Waals surface area contributed by atoms with E-state index in [1.807, 2.05) is 0 Å². The molecule has 1 saturated heterocycles. The molecule has 0 bridgehead atoms. The van der Waals surface area contributed by atoms with Gasteiger partial charge in [-0.15, -0.1) is 0 Å². The number of piperidine rings is 1. The van der Waals surface area contributed by atoms with Gasteiger partial charge in [0.1, 0.15) is 29.6 Å². The molecule has 0 saturated carbocycles. The Morgan fingerprint density at radius 3 is 2.57 bits per heavy atom.